The second-order valence-corrected chi connectivity index (χ2v) is 11.2. The van der Waals surface area contributed by atoms with Gasteiger partial charge in [0, 0.05) is 32.1 Å². The first kappa shape index (κ1) is 26.4. The van der Waals surface area contributed by atoms with E-state index in [0.29, 0.717) is 11.3 Å². The number of pyridine rings is 1. The third kappa shape index (κ3) is 5.10. The van der Waals surface area contributed by atoms with Gasteiger partial charge in [0.1, 0.15) is 17.3 Å². The quantitative estimate of drug-likeness (QED) is 0.274. The molecule has 0 aliphatic heterocycles. The number of aryl methyl sites for hydroxylation is 1. The van der Waals surface area contributed by atoms with Crippen LogP contribution in [0.1, 0.15) is 18.7 Å². The molecule has 16 heteroatoms. The molecule has 3 aromatic heterocycles. The molecular weight excluding hydrogens is 544 g/mol. The number of H-pyrrole nitrogens is 1. The number of alkyl halides is 4. The van der Waals surface area contributed by atoms with Gasteiger partial charge in [-0.05, 0) is 12.1 Å². The van der Waals surface area contributed by atoms with Crippen molar-refractivity contribution in [2.45, 2.75) is 18.8 Å². The second kappa shape index (κ2) is 9.21. The molecule has 3 heterocycles. The highest BCUT2D eigenvalue weighted by atomic mass is 32.2. The maximum atomic E-state index is 13.4. The summed E-state index contributed by atoms with van der Waals surface area (Å²) < 4.78 is 81.3. The fourth-order valence-electron chi connectivity index (χ4n) is 4.00. The van der Waals surface area contributed by atoms with Gasteiger partial charge in [-0.3, -0.25) is 9.10 Å². The molecule has 1 aromatic carbocycles. The Morgan fingerprint density at radius 3 is 2.54 bits per heavy atom. The molecule has 4 aromatic rings. The first-order valence-corrected chi connectivity index (χ1v) is 13.3. The number of carbonyl (C=O) groups is 1. The number of imidazole rings is 2. The van der Waals surface area contributed by atoms with Crippen molar-refractivity contribution >= 4 is 50.0 Å². The molecule has 1 saturated carbocycles. The molecule has 1 aliphatic rings. The number of carbonyl (C=O) groups excluding carboxylic acids is 1. The number of aromatic amines is 1. The lowest BCUT2D eigenvalue weighted by atomic mass is 10.1. The van der Waals surface area contributed by atoms with Crippen LogP contribution in [0.25, 0.3) is 22.4 Å². The molecule has 11 nitrogen and oxygen atoms in total. The number of rotatable bonds is 8. The summed E-state index contributed by atoms with van der Waals surface area (Å²) in [6.45, 7) is 0. The van der Waals surface area contributed by atoms with E-state index < -0.39 is 46.4 Å². The van der Waals surface area contributed by atoms with Gasteiger partial charge in [0.05, 0.1) is 41.5 Å². The van der Waals surface area contributed by atoms with Crippen molar-refractivity contribution < 1.29 is 30.8 Å². The van der Waals surface area contributed by atoms with Gasteiger partial charge in [0.2, 0.25) is 15.9 Å². The summed E-state index contributed by atoms with van der Waals surface area (Å²) in [6, 6.07) is 6.13. The maximum Gasteiger partial charge on any atom is 0.295 e. The van der Waals surface area contributed by atoms with Gasteiger partial charge in [0.25, 0.3) is 12.3 Å². The van der Waals surface area contributed by atoms with Gasteiger partial charge in [-0.25, -0.2) is 40.9 Å². The van der Waals surface area contributed by atoms with Crippen LogP contribution in [-0.4, -0.2) is 58.1 Å². The van der Waals surface area contributed by atoms with Crippen molar-refractivity contribution in [2.24, 2.45) is 13.0 Å². The van der Waals surface area contributed by atoms with E-state index in [1.807, 2.05) is 0 Å². The van der Waals surface area contributed by atoms with E-state index in [-0.39, 0.29) is 34.0 Å². The number of nitrogens with one attached hydrogen (secondary N) is 3. The van der Waals surface area contributed by atoms with E-state index in [1.165, 1.54) is 13.1 Å². The Morgan fingerprint density at radius 2 is 1.95 bits per heavy atom. The van der Waals surface area contributed by atoms with Gasteiger partial charge in [0.15, 0.2) is 11.5 Å². The molecule has 0 spiro atoms. The average molecular weight is 567 g/mol. The van der Waals surface area contributed by atoms with Crippen molar-refractivity contribution in [1.29, 1.82) is 0 Å². The van der Waals surface area contributed by atoms with Crippen LogP contribution in [0.15, 0.2) is 36.8 Å². The first-order chi connectivity index (χ1) is 18.2. The van der Waals surface area contributed by atoms with Gasteiger partial charge >= 0.3 is 0 Å². The van der Waals surface area contributed by atoms with Crippen molar-refractivity contribution in [3.8, 4) is 11.3 Å². The van der Waals surface area contributed by atoms with Crippen LogP contribution in [0, 0.1) is 5.92 Å². The Bertz CT molecular complexity index is 1700. The van der Waals surface area contributed by atoms with Gasteiger partial charge in [-0.15, -0.1) is 0 Å². The number of nitrogens with zero attached hydrogens (tertiary/aromatic N) is 5. The first-order valence-electron chi connectivity index (χ1n) is 11.4. The molecule has 3 N–H and O–H groups in total. The summed E-state index contributed by atoms with van der Waals surface area (Å²) in [4.78, 5) is 26.6. The van der Waals surface area contributed by atoms with Crippen molar-refractivity contribution in [3.63, 3.8) is 0 Å². The molecule has 1 aliphatic carbocycles. The van der Waals surface area contributed by atoms with Crippen LogP contribution < -0.4 is 14.9 Å². The third-order valence-corrected chi connectivity index (χ3v) is 7.48. The Morgan fingerprint density at radius 1 is 1.23 bits per heavy atom. The Hall–Kier alpha value is -4.21. The number of fused-ring (bicyclic) bond motifs is 1. The molecule has 5 rings (SSSR count). The monoisotopic (exact) mass is 566 g/mol. The van der Waals surface area contributed by atoms with Crippen LogP contribution in [0.2, 0.25) is 0 Å². The Labute approximate surface area is 219 Å². The molecule has 0 saturated heterocycles. The largest absolute Gasteiger partial charge is 0.352 e. The van der Waals surface area contributed by atoms with Crippen molar-refractivity contribution in [1.82, 2.24) is 24.5 Å². The lowest BCUT2D eigenvalue weighted by Gasteiger charge is -2.22. The van der Waals surface area contributed by atoms with Crippen LogP contribution in [-0.2, 0) is 21.9 Å². The Balaban J connectivity index is 1.60. The molecule has 1 fully saturated rings. The number of hydrogen-bond donors (Lipinski definition) is 3. The van der Waals surface area contributed by atoms with E-state index in [0.717, 1.165) is 10.6 Å². The molecule has 39 heavy (non-hydrogen) atoms. The van der Waals surface area contributed by atoms with Crippen molar-refractivity contribution in [3.05, 3.63) is 42.6 Å². The highest BCUT2D eigenvalue weighted by molar-refractivity contribution is 7.92. The zero-order valence-corrected chi connectivity index (χ0v) is 21.5. The maximum absolute atomic E-state index is 13.4. The summed E-state index contributed by atoms with van der Waals surface area (Å²) in [7, 11) is -0.629. The lowest BCUT2D eigenvalue weighted by Crippen LogP contribution is -2.25. The number of hydrogen-bond acceptors (Lipinski definition) is 7. The topological polar surface area (TPSA) is 138 Å². The number of benzene rings is 1. The van der Waals surface area contributed by atoms with E-state index >= 15 is 0 Å². The SMILES string of the molecule is CN(c1cc(-c2cncn2C)ccc1Nc1cc(NC(=O)C2CC2(F)F)nc2[nH]c(C(F)F)nc12)S(C)(=O)=O. The minimum atomic E-state index is -3.74. The standard InChI is InChI=1S/C23H22F4N8O3S/c1-34-10-28-9-16(34)11-4-5-13(15(6-11)35(2)39(3,37)38)29-14-7-17(31-22(36)12-8-23(12,26)27)30-20-18(14)32-21(33-20)19(24)25/h4-7,9-10,12,19H,8H2,1-3H3,(H3,29,30,31,32,33,36). The summed E-state index contributed by atoms with van der Waals surface area (Å²) >= 11 is 0. The molecular formula is C23H22F4N8O3S. The summed E-state index contributed by atoms with van der Waals surface area (Å²) in [5.41, 5.74) is 1.68. The molecule has 1 amide bonds. The highest BCUT2D eigenvalue weighted by Gasteiger charge is 2.61. The van der Waals surface area contributed by atoms with Crippen LogP contribution in [0.3, 0.4) is 0 Å². The predicted octanol–water partition coefficient (Wildman–Crippen LogP) is 4.03. The summed E-state index contributed by atoms with van der Waals surface area (Å²) in [5.74, 6) is -6.49. The zero-order chi connectivity index (χ0) is 28.3. The normalized spacial score (nSPS) is 16.5. The molecule has 0 radical (unpaired) electrons. The summed E-state index contributed by atoms with van der Waals surface area (Å²) in [6.07, 6.45) is 0.631. The molecule has 206 valence electrons. The van der Waals surface area contributed by atoms with Gasteiger partial charge in [-0.1, -0.05) is 6.07 Å². The number of sulfonamides is 1. The number of anilines is 4. The van der Waals surface area contributed by atoms with Gasteiger partial charge in [-0.2, -0.15) is 0 Å². The smallest absolute Gasteiger partial charge is 0.295 e. The summed E-state index contributed by atoms with van der Waals surface area (Å²) in [5, 5.41) is 5.28. The van der Waals surface area contributed by atoms with E-state index in [2.05, 4.69) is 30.6 Å². The van der Waals surface area contributed by atoms with E-state index in [4.69, 9.17) is 0 Å². The number of aromatic nitrogens is 5. The zero-order valence-electron chi connectivity index (χ0n) is 20.7. The van der Waals surface area contributed by atoms with Crippen molar-refractivity contribution in [2.75, 3.05) is 28.2 Å². The van der Waals surface area contributed by atoms with E-state index in [1.54, 1.807) is 42.3 Å². The van der Waals surface area contributed by atoms with Crippen LogP contribution >= 0.6 is 0 Å². The minimum absolute atomic E-state index is 0.0382. The van der Waals surface area contributed by atoms with Gasteiger partial charge < -0.3 is 20.2 Å². The third-order valence-electron chi connectivity index (χ3n) is 6.29. The van der Waals surface area contributed by atoms with Crippen LogP contribution in [0.4, 0.5) is 40.4 Å². The fraction of sp³-hybridized carbons (Fsp3) is 0.304. The van der Waals surface area contributed by atoms with E-state index in [9.17, 15) is 30.8 Å². The predicted molar refractivity (Wildman–Crippen MR) is 136 cm³/mol. The Kier molecular flexibility index (Phi) is 6.24. The lowest BCUT2D eigenvalue weighted by molar-refractivity contribution is -0.119. The molecule has 1 atom stereocenters. The average Bonchev–Trinajstić information content (AvgIpc) is 3.16. The molecule has 0 bridgehead atoms. The van der Waals surface area contributed by atoms with Crippen LogP contribution in [0.5, 0.6) is 0 Å². The molecule has 1 unspecified atom stereocenters. The second-order valence-electron chi connectivity index (χ2n) is 9.16. The minimum Gasteiger partial charge on any atom is -0.352 e. The number of halogens is 4. The highest BCUT2D eigenvalue weighted by Crippen LogP contribution is 2.49. The fourth-order valence-corrected chi connectivity index (χ4v) is 4.51. The number of amides is 1.